The summed E-state index contributed by atoms with van der Waals surface area (Å²) < 4.78 is 28.9. The van der Waals surface area contributed by atoms with Gasteiger partial charge in [0.2, 0.25) is 5.91 Å². The van der Waals surface area contributed by atoms with E-state index in [4.69, 9.17) is 4.74 Å². The smallest absolute Gasteiger partial charge is 0.241 e. The number of piperidine rings is 1. The number of benzene rings is 1. The first kappa shape index (κ1) is 18.2. The third-order valence-corrected chi connectivity index (χ3v) is 7.81. The van der Waals surface area contributed by atoms with Gasteiger partial charge in [0.25, 0.3) is 0 Å². The molecule has 2 N–H and O–H groups in total. The van der Waals surface area contributed by atoms with E-state index in [0.29, 0.717) is 25.9 Å². The largest absolute Gasteiger partial charge is 0.496 e. The van der Waals surface area contributed by atoms with Crippen molar-refractivity contribution < 1.29 is 17.9 Å². The molecule has 1 aliphatic heterocycles. The number of hydrogen-bond acceptors (Lipinski definition) is 5. The van der Waals surface area contributed by atoms with Crippen LogP contribution >= 0.6 is 0 Å². The zero-order valence-corrected chi connectivity index (χ0v) is 15.8. The van der Waals surface area contributed by atoms with Gasteiger partial charge in [-0.15, -0.1) is 0 Å². The van der Waals surface area contributed by atoms with Crippen LogP contribution in [0.3, 0.4) is 0 Å². The van der Waals surface area contributed by atoms with E-state index in [1.54, 1.807) is 7.11 Å². The van der Waals surface area contributed by atoms with Crippen molar-refractivity contribution in [1.29, 1.82) is 0 Å². The molecule has 2 atom stereocenters. The summed E-state index contributed by atoms with van der Waals surface area (Å²) in [5.41, 5.74) is 0.815. The minimum absolute atomic E-state index is 0.0789. The van der Waals surface area contributed by atoms with E-state index in [1.165, 1.54) is 6.26 Å². The number of nitrogens with one attached hydrogen (secondary N) is 2. The highest BCUT2D eigenvalue weighted by Gasteiger charge is 2.57. The quantitative estimate of drug-likeness (QED) is 0.812. The van der Waals surface area contributed by atoms with Gasteiger partial charge in [-0.1, -0.05) is 25.1 Å². The number of sulfone groups is 1. The average Bonchev–Trinajstić information content (AvgIpc) is 3.25. The zero-order chi connectivity index (χ0) is 18.3. The van der Waals surface area contributed by atoms with Crippen LogP contribution in [0.5, 0.6) is 5.75 Å². The van der Waals surface area contributed by atoms with Crippen LogP contribution in [0.25, 0.3) is 0 Å². The minimum Gasteiger partial charge on any atom is -0.496 e. The lowest BCUT2D eigenvalue weighted by atomic mass is 9.94. The van der Waals surface area contributed by atoms with Gasteiger partial charge in [0.05, 0.1) is 7.11 Å². The lowest BCUT2D eigenvalue weighted by Crippen LogP contribution is -2.58. The number of carbonyl (C=O) groups excluding carboxylic acids is 1. The molecule has 7 heteroatoms. The molecule has 0 spiro atoms. The van der Waals surface area contributed by atoms with Gasteiger partial charge in [0, 0.05) is 23.3 Å². The molecule has 1 heterocycles. The fourth-order valence-electron chi connectivity index (χ4n) is 3.88. The maximum Gasteiger partial charge on any atom is 0.241 e. The number of para-hydroxylation sites is 1. The van der Waals surface area contributed by atoms with Gasteiger partial charge in [0.1, 0.15) is 5.75 Å². The number of methoxy groups -OCH3 is 1. The normalized spacial score (nSPS) is 28.2. The second-order valence-electron chi connectivity index (χ2n) is 7.36. The molecule has 1 aliphatic carbocycles. The standard InChI is InChI=1S/C18H26N2O4S/c1-17(13-6-4-5-7-14(13)24-2)12-15(17)20-16(21)18(25(3,22)23)8-10-19-11-9-18/h4-7,15,19H,8-12H2,1-3H3,(H,20,21). The maximum atomic E-state index is 12.9. The molecule has 1 amide bonds. The van der Waals surface area contributed by atoms with E-state index in [2.05, 4.69) is 17.6 Å². The second-order valence-corrected chi connectivity index (χ2v) is 9.69. The highest BCUT2D eigenvalue weighted by molar-refractivity contribution is 7.92. The molecule has 6 nitrogen and oxygen atoms in total. The Morgan fingerprint density at radius 2 is 1.92 bits per heavy atom. The summed E-state index contributed by atoms with van der Waals surface area (Å²) >= 11 is 0. The second kappa shape index (κ2) is 6.29. The predicted molar refractivity (Wildman–Crippen MR) is 96.6 cm³/mol. The Balaban J connectivity index is 1.80. The Morgan fingerprint density at radius 1 is 1.28 bits per heavy atom. The molecule has 0 radical (unpaired) electrons. The van der Waals surface area contributed by atoms with Crippen molar-refractivity contribution in [3.05, 3.63) is 29.8 Å². The number of hydrogen-bond donors (Lipinski definition) is 2. The number of amides is 1. The maximum absolute atomic E-state index is 12.9. The molecule has 0 aromatic heterocycles. The molecule has 1 aromatic rings. The van der Waals surface area contributed by atoms with Crippen LogP contribution in [0, 0.1) is 0 Å². The molecular formula is C18H26N2O4S. The number of rotatable bonds is 5. The van der Waals surface area contributed by atoms with E-state index >= 15 is 0 Å². The van der Waals surface area contributed by atoms with Crippen LogP contribution in [-0.2, 0) is 20.0 Å². The molecule has 3 rings (SSSR count). The highest BCUT2D eigenvalue weighted by Crippen LogP contribution is 2.51. The van der Waals surface area contributed by atoms with Crippen molar-refractivity contribution in [3.63, 3.8) is 0 Å². The predicted octanol–water partition coefficient (Wildman–Crippen LogP) is 1.01. The van der Waals surface area contributed by atoms with Gasteiger partial charge in [-0.3, -0.25) is 4.79 Å². The molecule has 0 bridgehead atoms. The van der Waals surface area contributed by atoms with Gasteiger partial charge in [-0.25, -0.2) is 8.42 Å². The van der Waals surface area contributed by atoms with Gasteiger partial charge in [0.15, 0.2) is 14.6 Å². The Bertz CT molecular complexity index is 771. The molecular weight excluding hydrogens is 340 g/mol. The van der Waals surface area contributed by atoms with Crippen molar-refractivity contribution in [2.75, 3.05) is 26.5 Å². The summed E-state index contributed by atoms with van der Waals surface area (Å²) in [6, 6.07) is 7.69. The topological polar surface area (TPSA) is 84.5 Å². The first-order valence-corrected chi connectivity index (χ1v) is 10.5. The van der Waals surface area contributed by atoms with Crippen LogP contribution in [0.2, 0.25) is 0 Å². The molecule has 1 saturated carbocycles. The van der Waals surface area contributed by atoms with Crippen LogP contribution in [0.1, 0.15) is 31.7 Å². The van der Waals surface area contributed by atoms with Crippen molar-refractivity contribution >= 4 is 15.7 Å². The number of ether oxygens (including phenoxy) is 1. The van der Waals surface area contributed by atoms with Crippen LogP contribution in [0.4, 0.5) is 0 Å². The van der Waals surface area contributed by atoms with Gasteiger partial charge < -0.3 is 15.4 Å². The fraction of sp³-hybridized carbons (Fsp3) is 0.611. The van der Waals surface area contributed by atoms with Crippen LogP contribution in [0.15, 0.2) is 24.3 Å². The monoisotopic (exact) mass is 366 g/mol. The summed E-state index contributed by atoms with van der Waals surface area (Å²) in [6.07, 6.45) is 2.58. The number of carbonyl (C=O) groups is 1. The third kappa shape index (κ3) is 3.04. The Morgan fingerprint density at radius 3 is 2.52 bits per heavy atom. The van der Waals surface area contributed by atoms with E-state index in [-0.39, 0.29) is 17.4 Å². The lowest BCUT2D eigenvalue weighted by Gasteiger charge is -2.34. The Hall–Kier alpha value is -1.60. The summed E-state index contributed by atoms with van der Waals surface area (Å²) in [4.78, 5) is 12.9. The molecule has 2 unspecified atom stereocenters. The fourth-order valence-corrected chi connectivity index (χ4v) is 5.22. The first-order valence-electron chi connectivity index (χ1n) is 8.59. The highest BCUT2D eigenvalue weighted by atomic mass is 32.2. The molecule has 138 valence electrons. The summed E-state index contributed by atoms with van der Waals surface area (Å²) in [7, 11) is -1.87. The first-order chi connectivity index (χ1) is 11.7. The van der Waals surface area contributed by atoms with Crippen molar-refractivity contribution in [2.45, 2.75) is 42.4 Å². The van der Waals surface area contributed by atoms with E-state index < -0.39 is 14.6 Å². The molecule has 2 aliphatic rings. The molecule has 1 aromatic carbocycles. The Kier molecular flexibility index (Phi) is 4.58. The van der Waals surface area contributed by atoms with E-state index in [1.807, 2.05) is 24.3 Å². The van der Waals surface area contributed by atoms with Crippen molar-refractivity contribution in [2.24, 2.45) is 0 Å². The van der Waals surface area contributed by atoms with E-state index in [0.717, 1.165) is 17.7 Å². The summed E-state index contributed by atoms with van der Waals surface area (Å²) in [5, 5.41) is 6.14. The van der Waals surface area contributed by atoms with Crippen LogP contribution < -0.4 is 15.4 Å². The molecule has 25 heavy (non-hydrogen) atoms. The summed E-state index contributed by atoms with van der Waals surface area (Å²) in [6.45, 7) is 3.15. The lowest BCUT2D eigenvalue weighted by molar-refractivity contribution is -0.124. The zero-order valence-electron chi connectivity index (χ0n) is 15.0. The molecule has 1 saturated heterocycles. The third-order valence-electron chi connectivity index (χ3n) is 5.80. The SMILES string of the molecule is COc1ccccc1C1(C)CC1NC(=O)C1(S(C)(=O)=O)CCNCC1. The minimum atomic E-state index is -3.50. The summed E-state index contributed by atoms with van der Waals surface area (Å²) in [5.74, 6) is 0.432. The molecule has 2 fully saturated rings. The van der Waals surface area contributed by atoms with Gasteiger partial charge >= 0.3 is 0 Å². The van der Waals surface area contributed by atoms with Gasteiger partial charge in [-0.2, -0.15) is 0 Å². The Labute approximate surface area is 149 Å². The average molecular weight is 366 g/mol. The van der Waals surface area contributed by atoms with Crippen LogP contribution in [-0.4, -0.2) is 51.6 Å². The van der Waals surface area contributed by atoms with Crippen molar-refractivity contribution in [1.82, 2.24) is 10.6 Å². The van der Waals surface area contributed by atoms with Crippen molar-refractivity contribution in [3.8, 4) is 5.75 Å². The van der Waals surface area contributed by atoms with Gasteiger partial charge in [-0.05, 0) is 38.4 Å². The van der Waals surface area contributed by atoms with E-state index in [9.17, 15) is 13.2 Å².